The van der Waals surface area contributed by atoms with Crippen LogP contribution in [0.5, 0.6) is 0 Å². The molecule has 0 spiro atoms. The van der Waals surface area contributed by atoms with Crippen molar-refractivity contribution in [3.8, 4) is 11.4 Å². The second-order valence-electron chi connectivity index (χ2n) is 3.95. The van der Waals surface area contributed by atoms with Gasteiger partial charge >= 0.3 is 0 Å². The van der Waals surface area contributed by atoms with Gasteiger partial charge < -0.3 is 4.98 Å². The first-order valence-corrected chi connectivity index (χ1v) is 5.74. The van der Waals surface area contributed by atoms with E-state index in [9.17, 15) is 13.2 Å². The van der Waals surface area contributed by atoms with E-state index in [2.05, 4.69) is 9.97 Å². The van der Waals surface area contributed by atoms with E-state index < -0.39 is 28.0 Å². The number of rotatable bonds is 1. The molecule has 0 aliphatic heterocycles. The van der Waals surface area contributed by atoms with Crippen molar-refractivity contribution < 1.29 is 13.2 Å². The maximum atomic E-state index is 13.9. The Kier molecular flexibility index (Phi) is 2.71. The molecule has 1 heterocycles. The monoisotopic (exact) mass is 282 g/mol. The summed E-state index contributed by atoms with van der Waals surface area (Å²) in [5.74, 6) is -3.40. The third-order valence-corrected chi connectivity index (χ3v) is 3.09. The fourth-order valence-corrected chi connectivity index (χ4v) is 2.00. The second kappa shape index (κ2) is 4.28. The number of H-pyrrole nitrogens is 1. The first kappa shape index (κ1) is 12.0. The van der Waals surface area contributed by atoms with Crippen LogP contribution in [0.15, 0.2) is 30.3 Å². The number of halogens is 4. The second-order valence-corrected chi connectivity index (χ2v) is 4.32. The van der Waals surface area contributed by atoms with E-state index in [-0.39, 0.29) is 5.82 Å². The number of hydrogen-bond donors (Lipinski definition) is 1. The molecule has 0 atom stereocenters. The lowest BCUT2D eigenvalue weighted by Crippen LogP contribution is -1.96. The average molecular weight is 283 g/mol. The topological polar surface area (TPSA) is 28.7 Å². The molecule has 0 aliphatic rings. The number of fused-ring (bicyclic) bond motifs is 1. The van der Waals surface area contributed by atoms with Crippen LogP contribution in [0.1, 0.15) is 0 Å². The van der Waals surface area contributed by atoms with Gasteiger partial charge in [0.15, 0.2) is 5.82 Å². The van der Waals surface area contributed by atoms with Crippen molar-refractivity contribution in [2.45, 2.75) is 0 Å². The Morgan fingerprint density at radius 3 is 2.53 bits per heavy atom. The number of nitrogens with one attached hydrogen (secondary N) is 1. The molecule has 2 aromatic carbocycles. The van der Waals surface area contributed by atoms with Gasteiger partial charge in [0.05, 0.1) is 16.6 Å². The van der Waals surface area contributed by atoms with Gasteiger partial charge in [0.25, 0.3) is 0 Å². The SMILES string of the molecule is Fc1cc(F)c(-c2nc3ccccc3[nH]2)c(F)c1Cl. The van der Waals surface area contributed by atoms with Gasteiger partial charge in [-0.1, -0.05) is 23.7 Å². The zero-order valence-electron chi connectivity index (χ0n) is 9.35. The van der Waals surface area contributed by atoms with Crippen molar-refractivity contribution in [2.75, 3.05) is 0 Å². The molecule has 2 nitrogen and oxygen atoms in total. The molecule has 0 unspecified atom stereocenters. The maximum Gasteiger partial charge on any atom is 0.158 e. The van der Waals surface area contributed by atoms with Gasteiger partial charge in [-0.05, 0) is 12.1 Å². The van der Waals surface area contributed by atoms with Crippen molar-refractivity contribution in [1.82, 2.24) is 9.97 Å². The molecule has 1 N–H and O–H groups in total. The van der Waals surface area contributed by atoms with Crippen LogP contribution in [0.25, 0.3) is 22.4 Å². The Hall–Kier alpha value is -2.01. The van der Waals surface area contributed by atoms with E-state index in [0.29, 0.717) is 17.1 Å². The van der Waals surface area contributed by atoms with E-state index in [4.69, 9.17) is 11.6 Å². The minimum atomic E-state index is -1.17. The first-order chi connectivity index (χ1) is 9.08. The summed E-state index contributed by atoms with van der Waals surface area (Å²) in [6.45, 7) is 0. The van der Waals surface area contributed by atoms with E-state index in [1.807, 2.05) is 0 Å². The number of nitrogens with zero attached hydrogens (tertiary/aromatic N) is 1. The molecular formula is C13H6ClF3N2. The van der Waals surface area contributed by atoms with Gasteiger partial charge in [0, 0.05) is 6.07 Å². The molecule has 6 heteroatoms. The van der Waals surface area contributed by atoms with E-state index >= 15 is 0 Å². The molecule has 1 aromatic heterocycles. The third kappa shape index (κ3) is 1.86. The highest BCUT2D eigenvalue weighted by molar-refractivity contribution is 6.31. The summed E-state index contributed by atoms with van der Waals surface area (Å²) in [7, 11) is 0. The lowest BCUT2D eigenvalue weighted by Gasteiger charge is -2.04. The molecule has 0 radical (unpaired) electrons. The summed E-state index contributed by atoms with van der Waals surface area (Å²) >= 11 is 5.45. The molecule has 96 valence electrons. The van der Waals surface area contributed by atoms with Crippen LogP contribution in [0.4, 0.5) is 13.2 Å². The zero-order chi connectivity index (χ0) is 13.6. The van der Waals surface area contributed by atoms with Crippen molar-refractivity contribution in [3.63, 3.8) is 0 Å². The Morgan fingerprint density at radius 1 is 1.05 bits per heavy atom. The lowest BCUT2D eigenvalue weighted by molar-refractivity contribution is 0.547. The Labute approximate surface area is 110 Å². The fraction of sp³-hybridized carbons (Fsp3) is 0. The minimum Gasteiger partial charge on any atom is -0.338 e. The van der Waals surface area contributed by atoms with Crippen molar-refractivity contribution in [3.05, 3.63) is 52.8 Å². The number of aromatic nitrogens is 2. The number of para-hydroxylation sites is 2. The standard InChI is InChI=1S/C13H6ClF3N2/c14-11-7(16)5-6(15)10(12(11)17)13-18-8-3-1-2-4-9(8)19-13/h1-5H,(H,18,19). The molecule has 0 amide bonds. The average Bonchev–Trinajstić information content (AvgIpc) is 2.79. The summed E-state index contributed by atoms with van der Waals surface area (Å²) in [5.41, 5.74) is 0.705. The fourth-order valence-electron chi connectivity index (χ4n) is 1.85. The summed E-state index contributed by atoms with van der Waals surface area (Å²) in [4.78, 5) is 6.83. The number of aromatic amines is 1. The third-order valence-electron chi connectivity index (χ3n) is 2.74. The highest BCUT2D eigenvalue weighted by Gasteiger charge is 2.21. The van der Waals surface area contributed by atoms with Crippen molar-refractivity contribution >= 4 is 22.6 Å². The van der Waals surface area contributed by atoms with Gasteiger partial charge in [-0.15, -0.1) is 0 Å². The predicted molar refractivity (Wildman–Crippen MR) is 66.4 cm³/mol. The largest absolute Gasteiger partial charge is 0.338 e. The van der Waals surface area contributed by atoms with Gasteiger partial charge in [-0.25, -0.2) is 18.2 Å². The Bertz CT molecular complexity index is 750. The van der Waals surface area contributed by atoms with Crippen molar-refractivity contribution in [1.29, 1.82) is 0 Å². The molecule has 19 heavy (non-hydrogen) atoms. The van der Waals surface area contributed by atoms with Crippen LogP contribution < -0.4 is 0 Å². The minimum absolute atomic E-state index is 0.0295. The molecule has 0 bridgehead atoms. The number of benzene rings is 2. The van der Waals surface area contributed by atoms with Crippen LogP contribution in [-0.2, 0) is 0 Å². The van der Waals surface area contributed by atoms with Crippen LogP contribution >= 0.6 is 11.6 Å². The van der Waals surface area contributed by atoms with Gasteiger partial charge in [-0.3, -0.25) is 0 Å². The molecular weight excluding hydrogens is 277 g/mol. The molecule has 0 saturated carbocycles. The summed E-state index contributed by atoms with van der Waals surface area (Å²) in [5, 5.41) is -0.753. The molecule has 3 rings (SSSR count). The normalized spacial score (nSPS) is 11.2. The van der Waals surface area contributed by atoms with Crippen LogP contribution in [-0.4, -0.2) is 9.97 Å². The molecule has 0 fully saturated rings. The maximum absolute atomic E-state index is 13.9. The van der Waals surface area contributed by atoms with Crippen LogP contribution in [0.2, 0.25) is 5.02 Å². The molecule has 3 aromatic rings. The quantitative estimate of drug-likeness (QED) is 0.523. The summed E-state index contributed by atoms with van der Waals surface area (Å²) in [6, 6.07) is 7.45. The summed E-state index contributed by atoms with van der Waals surface area (Å²) < 4.78 is 40.7. The first-order valence-electron chi connectivity index (χ1n) is 5.36. The highest BCUT2D eigenvalue weighted by Crippen LogP contribution is 2.31. The number of hydrogen-bond acceptors (Lipinski definition) is 1. The van der Waals surface area contributed by atoms with Gasteiger partial charge in [0.2, 0.25) is 0 Å². The molecule has 0 saturated heterocycles. The van der Waals surface area contributed by atoms with Crippen LogP contribution in [0.3, 0.4) is 0 Å². The van der Waals surface area contributed by atoms with E-state index in [0.717, 1.165) is 0 Å². The smallest absolute Gasteiger partial charge is 0.158 e. The van der Waals surface area contributed by atoms with Crippen molar-refractivity contribution in [2.24, 2.45) is 0 Å². The molecule has 0 aliphatic carbocycles. The lowest BCUT2D eigenvalue weighted by atomic mass is 10.2. The van der Waals surface area contributed by atoms with Gasteiger partial charge in [0.1, 0.15) is 22.5 Å². The van der Waals surface area contributed by atoms with Gasteiger partial charge in [-0.2, -0.15) is 0 Å². The Morgan fingerprint density at radius 2 is 1.79 bits per heavy atom. The Balaban J connectivity index is 2.29. The van der Waals surface area contributed by atoms with E-state index in [1.54, 1.807) is 24.3 Å². The van der Waals surface area contributed by atoms with Crippen LogP contribution in [0, 0.1) is 17.5 Å². The number of imidazole rings is 1. The highest BCUT2D eigenvalue weighted by atomic mass is 35.5. The van der Waals surface area contributed by atoms with E-state index in [1.165, 1.54) is 0 Å². The summed E-state index contributed by atoms with van der Waals surface area (Å²) in [6.07, 6.45) is 0. The predicted octanol–water partition coefficient (Wildman–Crippen LogP) is 4.30. The zero-order valence-corrected chi connectivity index (χ0v) is 10.1.